The Hall–Kier alpha value is -3.63. The Kier molecular flexibility index (Phi) is 5.84. The first kappa shape index (κ1) is 21.2. The summed E-state index contributed by atoms with van der Waals surface area (Å²) in [6, 6.07) is 7.92. The minimum atomic E-state index is 0.0291. The highest BCUT2D eigenvalue weighted by Gasteiger charge is 2.29. The molecule has 7 heteroatoms. The van der Waals surface area contributed by atoms with Crippen molar-refractivity contribution in [3.63, 3.8) is 0 Å². The lowest BCUT2D eigenvalue weighted by Crippen LogP contribution is -2.27. The van der Waals surface area contributed by atoms with Crippen LogP contribution in [0.2, 0.25) is 0 Å². The molecule has 2 aliphatic rings. The number of nitrogens with one attached hydrogen (secondary N) is 2. The third-order valence-electron chi connectivity index (χ3n) is 5.99. The first-order valence-electron chi connectivity index (χ1n) is 11.2. The Morgan fingerprint density at radius 2 is 2.03 bits per heavy atom. The molecule has 0 saturated heterocycles. The molecule has 1 saturated carbocycles. The average Bonchev–Trinajstić information content (AvgIpc) is 3.68. The quantitative estimate of drug-likeness (QED) is 0.586. The monoisotopic (exact) mass is 442 g/mol. The molecule has 3 heterocycles. The minimum Gasteiger partial charge on any atom is -0.488 e. The van der Waals surface area contributed by atoms with E-state index in [4.69, 9.17) is 9.47 Å². The SMILES string of the molecule is CNc1ncc(C#Cc2ccc3c(c2)CC[C@@H](COC)O3)c2cc(NC(=O)C3CC3)ncc12. The second-order valence-corrected chi connectivity index (χ2v) is 8.46. The van der Waals surface area contributed by atoms with E-state index in [0.717, 1.165) is 64.7 Å². The number of hydrogen-bond acceptors (Lipinski definition) is 6. The Morgan fingerprint density at radius 1 is 1.15 bits per heavy atom. The van der Waals surface area contributed by atoms with Crippen LogP contribution in [0.15, 0.2) is 36.7 Å². The van der Waals surface area contributed by atoms with E-state index >= 15 is 0 Å². The van der Waals surface area contributed by atoms with E-state index < -0.39 is 0 Å². The first-order valence-corrected chi connectivity index (χ1v) is 11.2. The third-order valence-corrected chi connectivity index (χ3v) is 5.99. The summed E-state index contributed by atoms with van der Waals surface area (Å²) in [7, 11) is 3.52. The van der Waals surface area contributed by atoms with Crippen LogP contribution in [0.3, 0.4) is 0 Å². The van der Waals surface area contributed by atoms with E-state index in [9.17, 15) is 4.79 Å². The Bertz CT molecular complexity index is 1270. The van der Waals surface area contributed by atoms with Crippen molar-refractivity contribution in [2.24, 2.45) is 5.92 Å². The van der Waals surface area contributed by atoms with Crippen molar-refractivity contribution in [1.29, 1.82) is 0 Å². The van der Waals surface area contributed by atoms with Crippen molar-refractivity contribution >= 4 is 28.3 Å². The Balaban J connectivity index is 1.45. The minimum absolute atomic E-state index is 0.0291. The van der Waals surface area contributed by atoms with Gasteiger partial charge in [0, 0.05) is 48.8 Å². The number of carbonyl (C=O) groups is 1. The van der Waals surface area contributed by atoms with Crippen molar-refractivity contribution in [1.82, 2.24) is 9.97 Å². The van der Waals surface area contributed by atoms with Crippen molar-refractivity contribution < 1.29 is 14.3 Å². The number of pyridine rings is 2. The number of aryl methyl sites for hydroxylation is 1. The van der Waals surface area contributed by atoms with Crippen LogP contribution < -0.4 is 15.4 Å². The largest absolute Gasteiger partial charge is 0.488 e. The number of amides is 1. The number of fused-ring (bicyclic) bond motifs is 2. The van der Waals surface area contributed by atoms with Gasteiger partial charge in [-0.15, -0.1) is 0 Å². The highest BCUT2D eigenvalue weighted by Crippen LogP contribution is 2.31. The van der Waals surface area contributed by atoms with Gasteiger partial charge in [-0.2, -0.15) is 0 Å². The Labute approximate surface area is 192 Å². The summed E-state index contributed by atoms with van der Waals surface area (Å²) in [5.41, 5.74) is 2.86. The summed E-state index contributed by atoms with van der Waals surface area (Å²) >= 11 is 0. The maximum absolute atomic E-state index is 12.2. The van der Waals surface area contributed by atoms with Crippen molar-refractivity contribution in [2.45, 2.75) is 31.8 Å². The van der Waals surface area contributed by atoms with Crippen LogP contribution in [0, 0.1) is 17.8 Å². The second kappa shape index (κ2) is 9.08. The molecule has 1 aromatic carbocycles. The van der Waals surface area contributed by atoms with Gasteiger partial charge in [0.1, 0.15) is 23.5 Å². The highest BCUT2D eigenvalue weighted by molar-refractivity contribution is 5.99. The number of nitrogens with zero attached hydrogens (tertiary/aromatic N) is 2. The molecule has 0 radical (unpaired) electrons. The zero-order chi connectivity index (χ0) is 22.8. The maximum atomic E-state index is 12.2. The molecule has 1 atom stereocenters. The number of methoxy groups -OCH3 is 1. The van der Waals surface area contributed by atoms with Crippen LogP contribution in [-0.4, -0.2) is 42.7 Å². The van der Waals surface area contributed by atoms with E-state index in [1.807, 2.05) is 25.2 Å². The van der Waals surface area contributed by atoms with E-state index in [0.29, 0.717) is 12.4 Å². The number of ether oxygens (including phenoxy) is 2. The fourth-order valence-corrected chi connectivity index (χ4v) is 4.04. The van der Waals surface area contributed by atoms with Gasteiger partial charge < -0.3 is 20.1 Å². The molecule has 7 nitrogen and oxygen atoms in total. The normalized spacial score (nSPS) is 16.8. The molecule has 1 aliphatic heterocycles. The molecule has 168 valence electrons. The molecule has 1 fully saturated rings. The first-order chi connectivity index (χ1) is 16.1. The van der Waals surface area contributed by atoms with Crippen LogP contribution >= 0.6 is 0 Å². The number of benzene rings is 1. The lowest BCUT2D eigenvalue weighted by Gasteiger charge is -2.25. The van der Waals surface area contributed by atoms with E-state index in [-0.39, 0.29) is 17.9 Å². The fourth-order valence-electron chi connectivity index (χ4n) is 4.04. The van der Waals surface area contributed by atoms with Gasteiger partial charge in [0.05, 0.1) is 12.2 Å². The molecule has 1 amide bonds. The van der Waals surface area contributed by atoms with E-state index in [2.05, 4.69) is 38.5 Å². The number of carbonyl (C=O) groups excluding carboxylic acids is 1. The number of anilines is 2. The predicted octanol–water partition coefficient (Wildman–Crippen LogP) is 3.76. The fraction of sp³-hybridized carbons (Fsp3) is 0.346. The lowest BCUT2D eigenvalue weighted by molar-refractivity contribution is -0.117. The van der Waals surface area contributed by atoms with Crippen molar-refractivity contribution in [3.05, 3.63) is 53.3 Å². The summed E-state index contributed by atoms with van der Waals surface area (Å²) in [6.45, 7) is 0.599. The summed E-state index contributed by atoms with van der Waals surface area (Å²) in [6.07, 6.45) is 7.35. The molecule has 0 bridgehead atoms. The van der Waals surface area contributed by atoms with E-state index in [1.165, 1.54) is 0 Å². The summed E-state index contributed by atoms with van der Waals surface area (Å²) in [5, 5.41) is 7.77. The second-order valence-electron chi connectivity index (χ2n) is 8.46. The molecular formula is C26H26N4O3. The molecule has 0 spiro atoms. The summed E-state index contributed by atoms with van der Waals surface area (Å²) in [5.74, 6) is 8.84. The van der Waals surface area contributed by atoms with Crippen LogP contribution in [0.25, 0.3) is 10.8 Å². The van der Waals surface area contributed by atoms with Crippen molar-refractivity contribution in [3.8, 4) is 17.6 Å². The lowest BCUT2D eigenvalue weighted by atomic mass is 10.00. The van der Waals surface area contributed by atoms with Crippen LogP contribution in [0.4, 0.5) is 11.6 Å². The molecular weight excluding hydrogens is 416 g/mol. The van der Waals surface area contributed by atoms with Gasteiger partial charge in [0.25, 0.3) is 0 Å². The van der Waals surface area contributed by atoms with Gasteiger partial charge in [0.2, 0.25) is 5.91 Å². The molecule has 1 aliphatic carbocycles. The molecule has 0 unspecified atom stereocenters. The van der Waals surface area contributed by atoms with Gasteiger partial charge in [-0.05, 0) is 55.5 Å². The average molecular weight is 443 g/mol. The standard InChI is InChI=1S/C26H26N4O3/c1-27-25-22-14-28-24(30-26(31)17-6-7-17)12-21(22)19(13-29-25)5-3-16-4-10-23-18(11-16)8-9-20(33-23)15-32-2/h4,10-14,17,20H,6-9,15H2,1-2H3,(H,27,29)(H,28,30,31)/t20-/m0/s1. The summed E-state index contributed by atoms with van der Waals surface area (Å²) < 4.78 is 11.2. The van der Waals surface area contributed by atoms with Crippen LogP contribution in [0.1, 0.15) is 36.0 Å². The smallest absolute Gasteiger partial charge is 0.228 e. The number of rotatable bonds is 5. The van der Waals surface area contributed by atoms with Gasteiger partial charge in [0.15, 0.2) is 0 Å². The zero-order valence-electron chi connectivity index (χ0n) is 18.8. The molecule has 3 aromatic rings. The van der Waals surface area contributed by atoms with Gasteiger partial charge in [-0.3, -0.25) is 4.79 Å². The predicted molar refractivity (Wildman–Crippen MR) is 127 cm³/mol. The maximum Gasteiger partial charge on any atom is 0.228 e. The van der Waals surface area contributed by atoms with Crippen LogP contribution in [0.5, 0.6) is 5.75 Å². The Morgan fingerprint density at radius 3 is 2.82 bits per heavy atom. The highest BCUT2D eigenvalue weighted by atomic mass is 16.5. The topological polar surface area (TPSA) is 85.4 Å². The third kappa shape index (κ3) is 4.62. The molecule has 2 N–H and O–H groups in total. The molecule has 33 heavy (non-hydrogen) atoms. The molecule has 2 aromatic heterocycles. The number of aromatic nitrogens is 2. The van der Waals surface area contributed by atoms with Crippen molar-refractivity contribution in [2.75, 3.05) is 31.4 Å². The van der Waals surface area contributed by atoms with Gasteiger partial charge in [-0.1, -0.05) is 11.8 Å². The van der Waals surface area contributed by atoms with Gasteiger partial charge in [-0.25, -0.2) is 9.97 Å². The van der Waals surface area contributed by atoms with Gasteiger partial charge >= 0.3 is 0 Å². The number of hydrogen-bond donors (Lipinski definition) is 2. The summed E-state index contributed by atoms with van der Waals surface area (Å²) in [4.78, 5) is 21.1. The van der Waals surface area contributed by atoms with E-state index in [1.54, 1.807) is 19.5 Å². The van der Waals surface area contributed by atoms with Crippen LogP contribution in [-0.2, 0) is 16.0 Å². The molecule has 5 rings (SSSR count). The zero-order valence-corrected chi connectivity index (χ0v) is 18.8.